The first-order chi connectivity index (χ1) is 7.82. The Hall–Kier alpha value is 1.22. The summed E-state index contributed by atoms with van der Waals surface area (Å²) in [5, 5.41) is 0. The van der Waals surface area contributed by atoms with E-state index >= 15 is 0 Å². The third-order valence-electron chi connectivity index (χ3n) is 4.42. The van der Waals surface area contributed by atoms with Crippen molar-refractivity contribution >= 4 is 119 Å². The molecule has 0 saturated carbocycles. The van der Waals surface area contributed by atoms with Crippen molar-refractivity contribution in [2.75, 3.05) is 0 Å². The molecule has 0 spiro atoms. The monoisotopic (exact) mass is 290 g/mol. The maximum absolute atomic E-state index is 2.39. The fourth-order valence-electron chi connectivity index (χ4n) is 3.20. The fraction of sp³-hybridized carbons (Fsp3) is 0.250. The van der Waals surface area contributed by atoms with Gasteiger partial charge in [-0.25, -0.2) is 0 Å². The van der Waals surface area contributed by atoms with Gasteiger partial charge in [-0.05, 0) is 0 Å². The molecule has 0 aliphatic carbocycles. The average Bonchev–Trinajstić information content (AvgIpc) is 2.25. The van der Waals surface area contributed by atoms with Crippen molar-refractivity contribution in [2.24, 2.45) is 0 Å². The molecule has 1 aromatic rings. The standard InChI is InChI=1S/C8H17B8.Sr.H/c1-4-5(2)8(9)7(16(13)14-10)3-6(4)15(11)12;;/h14H,9-13H2,1-2H3;;. The minimum atomic E-state index is 0.587. The van der Waals surface area contributed by atoms with Crippen molar-refractivity contribution in [3.63, 3.8) is 0 Å². The normalized spacial score (nSPS) is 9.94. The predicted molar refractivity (Wildman–Crippen MR) is 103 cm³/mol. The van der Waals surface area contributed by atoms with Crippen LogP contribution in [0.5, 0.6) is 0 Å². The van der Waals surface area contributed by atoms with Crippen molar-refractivity contribution in [1.29, 1.82) is 0 Å². The van der Waals surface area contributed by atoms with Crippen molar-refractivity contribution in [3.8, 4) is 0 Å². The SMILES string of the molecule is BBB(B)c1c(B)c(C)c(C)c(B(B)B)[c]1[SrH]. The number of benzene rings is 1. The van der Waals surface area contributed by atoms with E-state index in [1.54, 1.807) is 22.5 Å². The van der Waals surface area contributed by atoms with Gasteiger partial charge in [0.15, 0.2) is 0 Å². The molecule has 0 aliphatic rings. The summed E-state index contributed by atoms with van der Waals surface area (Å²) in [7, 11) is 13.0. The summed E-state index contributed by atoms with van der Waals surface area (Å²) in [6.07, 6.45) is 0. The zero-order valence-corrected chi connectivity index (χ0v) is 17.8. The van der Waals surface area contributed by atoms with E-state index in [0.717, 1.165) is 6.49 Å². The molecular formula is C8H18B8Sr. The van der Waals surface area contributed by atoms with Crippen LogP contribution in [0.2, 0.25) is 0 Å². The third-order valence-corrected chi connectivity index (χ3v) is 7.07. The van der Waals surface area contributed by atoms with Crippen molar-refractivity contribution < 1.29 is 0 Å². The Kier molecular flexibility index (Phi) is 6.31. The Morgan fingerprint density at radius 1 is 1.06 bits per heavy atom. The molecule has 0 aromatic heterocycles. The van der Waals surface area contributed by atoms with Crippen LogP contribution in [0.15, 0.2) is 0 Å². The molecule has 0 heterocycles. The van der Waals surface area contributed by atoms with E-state index in [-0.39, 0.29) is 0 Å². The van der Waals surface area contributed by atoms with Gasteiger partial charge in [0.2, 0.25) is 0 Å². The molecule has 0 nitrogen and oxygen atoms in total. The molecule has 0 atom stereocenters. The van der Waals surface area contributed by atoms with Crippen LogP contribution in [-0.4, -0.2) is 102 Å². The van der Waals surface area contributed by atoms with Gasteiger partial charge < -0.3 is 0 Å². The Labute approximate surface area is 142 Å². The van der Waals surface area contributed by atoms with Gasteiger partial charge in [-0.2, -0.15) is 0 Å². The second kappa shape index (κ2) is 6.59. The van der Waals surface area contributed by atoms with E-state index in [1.165, 1.54) is 12.6 Å². The van der Waals surface area contributed by atoms with Gasteiger partial charge in [0.05, 0.1) is 0 Å². The minimum absolute atomic E-state index is 0.587. The van der Waals surface area contributed by atoms with Crippen LogP contribution in [0, 0.1) is 13.8 Å². The summed E-state index contributed by atoms with van der Waals surface area (Å²) in [5.41, 5.74) is 8.00. The van der Waals surface area contributed by atoms with Gasteiger partial charge >= 0.3 is 144 Å². The first-order valence-electron chi connectivity index (χ1n) is 6.92. The van der Waals surface area contributed by atoms with Crippen LogP contribution in [0.4, 0.5) is 0 Å². The van der Waals surface area contributed by atoms with Gasteiger partial charge in [-0.3, -0.25) is 0 Å². The molecule has 0 N–H and O–H groups in total. The van der Waals surface area contributed by atoms with Crippen LogP contribution < -0.4 is 16.9 Å². The second-order valence-electron chi connectivity index (χ2n) is 5.79. The molecule has 0 unspecified atom stereocenters. The molecule has 0 saturated heterocycles. The summed E-state index contributed by atoms with van der Waals surface area (Å²) in [5.74, 6) is 0. The summed E-state index contributed by atoms with van der Waals surface area (Å²) >= 11 is 0.587. The van der Waals surface area contributed by atoms with Gasteiger partial charge in [0, 0.05) is 0 Å². The zero-order chi connectivity index (χ0) is 13.3. The Morgan fingerprint density at radius 2 is 1.59 bits per heavy atom. The predicted octanol–water partition coefficient (Wildman–Crippen LogP) is -7.64. The van der Waals surface area contributed by atoms with E-state index in [4.69, 9.17) is 0 Å². The summed E-state index contributed by atoms with van der Waals surface area (Å²) in [4.78, 5) is 0. The molecule has 76 valence electrons. The van der Waals surface area contributed by atoms with Crippen LogP contribution >= 0.6 is 0 Å². The molecule has 0 bridgehead atoms. The molecule has 0 radical (unpaired) electrons. The van der Waals surface area contributed by atoms with Gasteiger partial charge in [0.25, 0.3) is 0 Å². The Balaban J connectivity index is 3.61. The molecule has 1 rings (SSSR count). The molecule has 0 amide bonds. The Bertz CT molecular complexity index is 432. The summed E-state index contributed by atoms with van der Waals surface area (Å²) in [6.45, 7) is 6.02. The number of rotatable bonds is 3. The topological polar surface area (TPSA) is 0 Å². The van der Waals surface area contributed by atoms with Crippen molar-refractivity contribution in [1.82, 2.24) is 0 Å². The van der Waals surface area contributed by atoms with Gasteiger partial charge in [-0.15, -0.1) is 0 Å². The van der Waals surface area contributed by atoms with Gasteiger partial charge in [0.1, 0.15) is 0 Å². The Morgan fingerprint density at radius 3 is 2.00 bits per heavy atom. The first kappa shape index (κ1) is 16.3. The molecule has 9 heteroatoms. The molecule has 0 aliphatic heterocycles. The fourth-order valence-corrected chi connectivity index (χ4v) is 7.68. The molecule has 17 heavy (non-hydrogen) atoms. The summed E-state index contributed by atoms with van der Waals surface area (Å²) in [6, 6.07) is 0. The zero-order valence-electron chi connectivity index (χ0n) is 12.9. The third kappa shape index (κ3) is 3.22. The van der Waals surface area contributed by atoms with Crippen molar-refractivity contribution in [2.45, 2.75) is 13.8 Å². The first-order valence-corrected chi connectivity index (χ1v) is 9.38. The van der Waals surface area contributed by atoms with Crippen molar-refractivity contribution in [3.05, 3.63) is 11.1 Å². The molecular weight excluding hydrogens is 270 g/mol. The molecule has 0 fully saturated rings. The molecule has 1 aromatic carbocycles. The quantitative estimate of drug-likeness (QED) is 0.485. The van der Waals surface area contributed by atoms with E-state index in [9.17, 15) is 0 Å². The van der Waals surface area contributed by atoms with E-state index in [2.05, 4.69) is 52.6 Å². The maximum atomic E-state index is 2.39. The summed E-state index contributed by atoms with van der Waals surface area (Å²) < 4.78 is 1.75. The van der Waals surface area contributed by atoms with Crippen LogP contribution in [-0.2, 0) is 0 Å². The van der Waals surface area contributed by atoms with Gasteiger partial charge in [-0.1, -0.05) is 0 Å². The average molecular weight is 288 g/mol. The van der Waals surface area contributed by atoms with E-state index in [0.29, 0.717) is 49.7 Å². The van der Waals surface area contributed by atoms with Crippen LogP contribution in [0.1, 0.15) is 11.1 Å². The second-order valence-corrected chi connectivity index (χ2v) is 8.25. The van der Waals surface area contributed by atoms with Crippen LogP contribution in [0.3, 0.4) is 0 Å². The number of hydrogen-bond donors (Lipinski definition) is 0. The number of hydrogen-bond acceptors (Lipinski definition) is 0. The van der Waals surface area contributed by atoms with E-state index < -0.39 is 0 Å². The van der Waals surface area contributed by atoms with Crippen LogP contribution in [0.25, 0.3) is 0 Å². The van der Waals surface area contributed by atoms with E-state index in [1.807, 2.05) is 0 Å².